The second-order valence-corrected chi connectivity index (χ2v) is 17.5. The lowest BCUT2D eigenvalue weighted by Crippen LogP contribution is -2.68. The molecular formula is C38H61N5O4. The molecule has 4 N–H and O–H groups in total. The molecule has 0 aromatic carbocycles. The van der Waals surface area contributed by atoms with Gasteiger partial charge in [0.2, 0.25) is 17.8 Å². The molecule has 1 heterocycles. The Bertz CT molecular complexity index is 1330. The van der Waals surface area contributed by atoms with Crippen molar-refractivity contribution in [3.05, 3.63) is 11.6 Å². The molecular weight excluding hydrogens is 590 g/mol. The van der Waals surface area contributed by atoms with Crippen molar-refractivity contribution in [1.82, 2.24) is 10.2 Å². The molecule has 11 unspecified atom stereocenters. The van der Waals surface area contributed by atoms with Crippen LogP contribution in [0.3, 0.4) is 0 Å². The van der Waals surface area contributed by atoms with E-state index in [-0.39, 0.29) is 63.4 Å². The molecule has 1 aliphatic heterocycles. The zero-order chi connectivity index (χ0) is 34.1. The molecule has 1 amide bonds. The van der Waals surface area contributed by atoms with Crippen LogP contribution in [0.4, 0.5) is 0 Å². The van der Waals surface area contributed by atoms with Crippen LogP contribution >= 0.6 is 0 Å². The zero-order valence-electron chi connectivity index (χ0n) is 30.3. The number of nitrogens with zero attached hydrogens (tertiary/aromatic N) is 2. The molecule has 4 saturated carbocycles. The monoisotopic (exact) mass is 651 g/mol. The number of carbonyl (C=O) groups excluding carboxylic acids is 2. The van der Waals surface area contributed by atoms with Crippen molar-refractivity contribution < 1.29 is 19.1 Å². The van der Waals surface area contributed by atoms with Crippen molar-refractivity contribution in [1.29, 1.82) is 5.41 Å². The number of esters is 1. The molecule has 47 heavy (non-hydrogen) atoms. The predicted molar refractivity (Wildman–Crippen MR) is 184 cm³/mol. The number of allylic oxidation sites excluding steroid dienone is 2. The van der Waals surface area contributed by atoms with Gasteiger partial charge in [-0.15, -0.1) is 0 Å². The number of fused-ring (bicyclic) bond motifs is 7. The number of ether oxygens (including phenoxy) is 2. The van der Waals surface area contributed by atoms with Crippen molar-refractivity contribution in [2.75, 3.05) is 26.3 Å². The lowest BCUT2D eigenvalue weighted by molar-refractivity contribution is -0.230. The minimum atomic E-state index is -0.427. The molecule has 0 aromatic rings. The quantitative estimate of drug-likeness (QED) is 0.143. The Morgan fingerprint density at radius 1 is 1.04 bits per heavy atom. The molecule has 1 saturated heterocycles. The van der Waals surface area contributed by atoms with E-state index in [1.165, 1.54) is 32.6 Å². The van der Waals surface area contributed by atoms with Gasteiger partial charge in [-0.2, -0.15) is 4.99 Å². The first kappa shape index (κ1) is 34.4. The Balaban J connectivity index is 1.37. The lowest BCUT2D eigenvalue weighted by Gasteiger charge is -2.71. The predicted octanol–water partition coefficient (Wildman–Crippen LogP) is 6.13. The van der Waals surface area contributed by atoms with Gasteiger partial charge in [-0.1, -0.05) is 66.5 Å². The topological polar surface area (TPSA) is 130 Å². The second kappa shape index (κ2) is 12.2. The average Bonchev–Trinajstić information content (AvgIpc) is 3.00. The highest BCUT2D eigenvalue weighted by atomic mass is 16.5. The Morgan fingerprint density at radius 2 is 1.74 bits per heavy atom. The number of morpholine rings is 1. The van der Waals surface area contributed by atoms with Crippen molar-refractivity contribution >= 4 is 23.8 Å². The van der Waals surface area contributed by atoms with E-state index in [2.05, 4.69) is 64.9 Å². The van der Waals surface area contributed by atoms with E-state index in [9.17, 15) is 9.59 Å². The molecule has 262 valence electrons. The third-order valence-corrected chi connectivity index (χ3v) is 15.4. The zero-order valence-corrected chi connectivity index (χ0v) is 30.3. The summed E-state index contributed by atoms with van der Waals surface area (Å²) in [6, 6.07) is 0. The maximum Gasteiger partial charge on any atom is 0.302 e. The molecule has 0 radical (unpaired) electrons. The first-order chi connectivity index (χ1) is 22.1. The van der Waals surface area contributed by atoms with E-state index >= 15 is 0 Å². The highest BCUT2D eigenvalue weighted by Gasteiger charge is 2.70. The third kappa shape index (κ3) is 5.36. The molecule has 6 rings (SSSR count). The van der Waals surface area contributed by atoms with Gasteiger partial charge >= 0.3 is 5.97 Å². The van der Waals surface area contributed by atoms with E-state index in [4.69, 9.17) is 20.6 Å². The number of hydrogen-bond donors (Lipinski definition) is 3. The number of rotatable bonds is 2. The summed E-state index contributed by atoms with van der Waals surface area (Å²) < 4.78 is 11.4. The first-order valence-corrected chi connectivity index (χ1v) is 18.5. The van der Waals surface area contributed by atoms with Gasteiger partial charge in [0, 0.05) is 31.3 Å². The van der Waals surface area contributed by atoms with Gasteiger partial charge in [0.15, 0.2) is 0 Å². The molecule has 6 aliphatic rings. The average molecular weight is 652 g/mol. The number of nitrogens with one attached hydrogen (secondary N) is 2. The number of aliphatic imine (C=N–C) groups is 1. The highest BCUT2D eigenvalue weighted by Crippen LogP contribution is 2.75. The Kier molecular flexibility index (Phi) is 8.92. The van der Waals surface area contributed by atoms with Crippen LogP contribution < -0.4 is 11.1 Å². The van der Waals surface area contributed by atoms with Crippen LogP contribution in [0.5, 0.6) is 0 Å². The molecule has 11 atom stereocenters. The van der Waals surface area contributed by atoms with Gasteiger partial charge in [-0.25, -0.2) is 0 Å². The third-order valence-electron chi connectivity index (χ3n) is 15.4. The number of hydrogen-bond acceptors (Lipinski definition) is 5. The minimum absolute atomic E-state index is 0.0303. The van der Waals surface area contributed by atoms with Crippen molar-refractivity contribution in [2.24, 2.45) is 73.8 Å². The minimum Gasteiger partial charge on any atom is -0.462 e. The van der Waals surface area contributed by atoms with Gasteiger partial charge in [0.25, 0.3) is 0 Å². The highest BCUT2D eigenvalue weighted by molar-refractivity contribution is 6.02. The summed E-state index contributed by atoms with van der Waals surface area (Å²) in [5.41, 5.74) is 7.53. The van der Waals surface area contributed by atoms with Crippen LogP contribution in [0.25, 0.3) is 0 Å². The smallest absolute Gasteiger partial charge is 0.302 e. The van der Waals surface area contributed by atoms with Gasteiger partial charge in [0.1, 0.15) is 6.10 Å². The summed E-state index contributed by atoms with van der Waals surface area (Å²) in [7, 11) is 0. The normalized spacial score (nSPS) is 44.5. The molecule has 0 bridgehead atoms. The fourth-order valence-corrected chi connectivity index (χ4v) is 12.5. The van der Waals surface area contributed by atoms with Gasteiger partial charge in [-0.3, -0.25) is 20.3 Å². The number of guanidine groups is 2. The maximum atomic E-state index is 14.5. The van der Waals surface area contributed by atoms with Crippen LogP contribution in [-0.4, -0.2) is 61.1 Å². The van der Waals surface area contributed by atoms with Crippen LogP contribution in [-0.2, 0) is 19.1 Å². The van der Waals surface area contributed by atoms with E-state index < -0.39 is 5.92 Å². The van der Waals surface area contributed by atoms with Gasteiger partial charge in [-0.05, 0) is 96.7 Å². The maximum absolute atomic E-state index is 14.5. The van der Waals surface area contributed by atoms with Crippen molar-refractivity contribution in [3.63, 3.8) is 0 Å². The van der Waals surface area contributed by atoms with Crippen molar-refractivity contribution in [2.45, 2.75) is 113 Å². The summed E-state index contributed by atoms with van der Waals surface area (Å²) in [5.74, 6) is 2.42. The van der Waals surface area contributed by atoms with E-state index in [1.54, 1.807) is 5.57 Å². The van der Waals surface area contributed by atoms with Gasteiger partial charge in [0.05, 0.1) is 13.2 Å². The summed E-state index contributed by atoms with van der Waals surface area (Å²) in [6.45, 7) is 20.6. The Morgan fingerprint density at radius 3 is 2.43 bits per heavy atom. The van der Waals surface area contributed by atoms with Crippen LogP contribution in [0.1, 0.15) is 107 Å². The summed E-state index contributed by atoms with van der Waals surface area (Å²) in [5, 5.41) is 11.4. The van der Waals surface area contributed by atoms with Crippen LogP contribution in [0.15, 0.2) is 16.6 Å². The summed E-state index contributed by atoms with van der Waals surface area (Å²) in [6.07, 6.45) is 11.0. The largest absolute Gasteiger partial charge is 0.462 e. The molecule has 5 aliphatic carbocycles. The standard InChI is InChI=1S/C38H61N5O4/c1-22-9-10-25-13-15-36(6)26(31(25)23(22)2)11-12-29-37(36,7)16-14-28-35(4,5)30(47-24(3)44)21-27(38(28,29)8)32(45)41-33(39)42-34(40)43-17-19-46-20-18-43/h11,22-23,25,27-31H,9-10,12-21H2,1-8H3,(H4,39,40,41,42,45). The Labute approximate surface area is 282 Å². The van der Waals surface area contributed by atoms with Gasteiger partial charge < -0.3 is 20.1 Å². The Hall–Kier alpha value is -2.42. The number of amides is 1. The summed E-state index contributed by atoms with van der Waals surface area (Å²) in [4.78, 5) is 33.0. The molecule has 9 heteroatoms. The van der Waals surface area contributed by atoms with E-state index in [0.29, 0.717) is 44.6 Å². The molecule has 5 fully saturated rings. The van der Waals surface area contributed by atoms with Crippen LogP contribution in [0.2, 0.25) is 0 Å². The van der Waals surface area contributed by atoms with E-state index in [0.717, 1.165) is 31.1 Å². The molecule has 0 spiro atoms. The lowest BCUT2D eigenvalue weighted by atomic mass is 9.33. The van der Waals surface area contributed by atoms with Crippen molar-refractivity contribution in [3.8, 4) is 0 Å². The molecule has 0 aromatic heterocycles. The number of carbonyl (C=O) groups is 2. The second-order valence-electron chi connectivity index (χ2n) is 17.5. The fraction of sp³-hybridized carbons (Fsp3) is 0.842. The van der Waals surface area contributed by atoms with E-state index in [1.807, 2.05) is 4.90 Å². The first-order valence-electron chi connectivity index (χ1n) is 18.5. The van der Waals surface area contributed by atoms with Crippen LogP contribution in [0, 0.1) is 68.5 Å². The summed E-state index contributed by atoms with van der Waals surface area (Å²) >= 11 is 0. The SMILES string of the molecule is CC(=O)OC1CC(C(=O)NC(N)=NC(=N)N2CCOCC2)C2(C)C(CCC3(C)C2CC=C2C4C(CCC(C)C4C)CCC23C)C1(C)C. The molecule has 9 nitrogen and oxygen atoms in total. The fourth-order valence-electron chi connectivity index (χ4n) is 12.5. The number of nitrogens with two attached hydrogens (primary N) is 1.